The third kappa shape index (κ3) is 6.77. The van der Waals surface area contributed by atoms with Gasteiger partial charge >= 0.3 is 0 Å². The number of hydrogen-bond donors (Lipinski definition) is 2. The van der Waals surface area contributed by atoms with E-state index < -0.39 is 0 Å². The summed E-state index contributed by atoms with van der Waals surface area (Å²) in [6.07, 6.45) is 1.79. The average molecular weight is 491 g/mol. The van der Waals surface area contributed by atoms with Crippen molar-refractivity contribution in [1.29, 1.82) is 0 Å². The molecule has 6 nitrogen and oxygen atoms in total. The monoisotopic (exact) mass is 490 g/mol. The molecular weight excluding hydrogens is 467 g/mol. The van der Waals surface area contributed by atoms with Crippen LogP contribution in [0.2, 0.25) is 5.02 Å². The number of carbonyl (C=O) groups excluding carboxylic acids is 2. The van der Waals surface area contributed by atoms with Crippen molar-refractivity contribution in [3.63, 3.8) is 0 Å². The molecule has 35 heavy (non-hydrogen) atoms. The molecule has 0 saturated heterocycles. The number of nitrogens with one attached hydrogen (secondary N) is 2. The molecule has 0 bridgehead atoms. The van der Waals surface area contributed by atoms with Crippen molar-refractivity contribution in [2.24, 2.45) is 0 Å². The fourth-order valence-corrected chi connectivity index (χ4v) is 3.75. The van der Waals surface area contributed by atoms with Crippen LogP contribution in [0.15, 0.2) is 85.1 Å². The van der Waals surface area contributed by atoms with E-state index in [-0.39, 0.29) is 37.1 Å². The van der Waals surface area contributed by atoms with Crippen molar-refractivity contribution in [3.8, 4) is 11.3 Å². The van der Waals surface area contributed by atoms with Gasteiger partial charge in [-0.25, -0.2) is 4.39 Å². The number of aromatic nitrogens is 2. The van der Waals surface area contributed by atoms with Crippen LogP contribution < -0.4 is 10.6 Å². The molecule has 4 aromatic rings. The van der Waals surface area contributed by atoms with Crippen LogP contribution in [0.4, 0.5) is 4.39 Å². The molecule has 0 saturated carbocycles. The maximum Gasteiger partial charge on any atom is 0.255 e. The molecule has 0 fully saturated rings. The minimum Gasteiger partial charge on any atom is -0.354 e. The van der Waals surface area contributed by atoms with Crippen molar-refractivity contribution in [2.45, 2.75) is 13.0 Å². The van der Waals surface area contributed by atoms with Crippen LogP contribution in [-0.4, -0.2) is 34.7 Å². The van der Waals surface area contributed by atoms with Crippen molar-refractivity contribution in [2.75, 3.05) is 13.1 Å². The molecule has 3 aromatic carbocycles. The molecule has 2 N–H and O–H groups in total. The lowest BCUT2D eigenvalue weighted by Crippen LogP contribution is -2.35. The van der Waals surface area contributed by atoms with E-state index in [0.29, 0.717) is 28.4 Å². The van der Waals surface area contributed by atoms with E-state index in [0.717, 1.165) is 11.1 Å². The van der Waals surface area contributed by atoms with Gasteiger partial charge in [-0.1, -0.05) is 66.2 Å². The molecule has 1 aromatic heterocycles. The minimum absolute atomic E-state index is 0.0681. The zero-order valence-corrected chi connectivity index (χ0v) is 19.6. The Balaban J connectivity index is 1.40. The van der Waals surface area contributed by atoms with Gasteiger partial charge in [-0.2, -0.15) is 5.10 Å². The van der Waals surface area contributed by atoms with E-state index in [4.69, 9.17) is 11.6 Å². The number of nitrogens with zero attached hydrogens (tertiary/aromatic N) is 2. The van der Waals surface area contributed by atoms with E-state index in [1.54, 1.807) is 35.1 Å². The third-order valence-electron chi connectivity index (χ3n) is 5.30. The maximum atomic E-state index is 13.3. The summed E-state index contributed by atoms with van der Waals surface area (Å²) < 4.78 is 15.0. The summed E-state index contributed by atoms with van der Waals surface area (Å²) in [6.45, 7) is 0.997. The molecule has 0 aliphatic carbocycles. The van der Waals surface area contributed by atoms with Gasteiger partial charge in [0.15, 0.2) is 0 Å². The Bertz CT molecular complexity index is 1310. The largest absolute Gasteiger partial charge is 0.354 e. The van der Waals surface area contributed by atoms with Gasteiger partial charge in [0.2, 0.25) is 5.91 Å². The number of hydrogen-bond acceptors (Lipinski definition) is 3. The normalized spacial score (nSPS) is 10.7. The van der Waals surface area contributed by atoms with Crippen LogP contribution in [-0.2, 0) is 17.8 Å². The lowest BCUT2D eigenvalue weighted by Gasteiger charge is -2.08. The Morgan fingerprint density at radius 1 is 0.886 bits per heavy atom. The van der Waals surface area contributed by atoms with Gasteiger partial charge in [0.1, 0.15) is 11.5 Å². The second-order valence-corrected chi connectivity index (χ2v) is 8.43. The van der Waals surface area contributed by atoms with Crippen LogP contribution in [0.3, 0.4) is 0 Å². The molecule has 2 amide bonds. The lowest BCUT2D eigenvalue weighted by atomic mass is 10.1. The van der Waals surface area contributed by atoms with E-state index in [1.165, 1.54) is 12.1 Å². The summed E-state index contributed by atoms with van der Waals surface area (Å²) in [4.78, 5) is 25.1. The van der Waals surface area contributed by atoms with Gasteiger partial charge in [0.25, 0.3) is 5.91 Å². The number of benzene rings is 3. The van der Waals surface area contributed by atoms with Gasteiger partial charge < -0.3 is 10.6 Å². The molecule has 0 aliphatic rings. The van der Waals surface area contributed by atoms with E-state index in [9.17, 15) is 14.0 Å². The van der Waals surface area contributed by atoms with E-state index in [2.05, 4.69) is 15.7 Å². The van der Waals surface area contributed by atoms with Gasteiger partial charge in [0, 0.05) is 29.9 Å². The zero-order chi connectivity index (χ0) is 24.6. The number of halogens is 2. The second kappa shape index (κ2) is 11.4. The Morgan fingerprint density at radius 3 is 2.34 bits per heavy atom. The quantitative estimate of drug-likeness (QED) is 0.340. The number of carbonyl (C=O) groups is 2. The highest BCUT2D eigenvalue weighted by molar-refractivity contribution is 6.30. The summed E-state index contributed by atoms with van der Waals surface area (Å²) in [5, 5.41) is 10.8. The fraction of sp³-hybridized carbons (Fsp3) is 0.148. The molecule has 178 valence electrons. The van der Waals surface area contributed by atoms with E-state index >= 15 is 0 Å². The second-order valence-electron chi connectivity index (χ2n) is 7.99. The predicted molar refractivity (Wildman–Crippen MR) is 134 cm³/mol. The Labute approximate surface area is 207 Å². The summed E-state index contributed by atoms with van der Waals surface area (Å²) in [7, 11) is 0. The zero-order valence-electron chi connectivity index (χ0n) is 18.9. The van der Waals surface area contributed by atoms with Crippen LogP contribution in [0, 0.1) is 5.82 Å². The molecule has 0 aliphatic heterocycles. The number of rotatable bonds is 9. The molecule has 4 rings (SSSR count). The van der Waals surface area contributed by atoms with Crippen LogP contribution in [0.5, 0.6) is 0 Å². The highest BCUT2D eigenvalue weighted by Gasteiger charge is 2.18. The first-order valence-electron chi connectivity index (χ1n) is 11.1. The molecule has 8 heteroatoms. The SMILES string of the molecule is O=C(Cc1cccc(F)c1)NCCNC(=O)c1cn(Cc2ccccc2)nc1-c1ccc(Cl)cc1. The molecule has 0 unspecified atom stereocenters. The van der Waals surface area contributed by atoms with Crippen LogP contribution in [0.25, 0.3) is 11.3 Å². The molecular formula is C27H24ClFN4O2. The highest BCUT2D eigenvalue weighted by Crippen LogP contribution is 2.24. The van der Waals surface area contributed by atoms with Gasteiger partial charge in [0.05, 0.1) is 18.5 Å². The fourth-order valence-electron chi connectivity index (χ4n) is 3.63. The maximum absolute atomic E-state index is 13.3. The molecule has 1 heterocycles. The molecule has 0 atom stereocenters. The first kappa shape index (κ1) is 24.2. The Kier molecular flexibility index (Phi) is 7.90. The van der Waals surface area contributed by atoms with Crippen LogP contribution >= 0.6 is 11.6 Å². The Morgan fingerprint density at radius 2 is 1.60 bits per heavy atom. The Hall–Kier alpha value is -3.97. The van der Waals surface area contributed by atoms with Gasteiger partial charge in [-0.05, 0) is 35.4 Å². The van der Waals surface area contributed by atoms with Crippen molar-refractivity contribution < 1.29 is 14.0 Å². The molecule has 0 radical (unpaired) electrons. The first-order valence-corrected chi connectivity index (χ1v) is 11.5. The summed E-state index contributed by atoms with van der Waals surface area (Å²) >= 11 is 6.02. The summed E-state index contributed by atoms with van der Waals surface area (Å²) in [5.74, 6) is -0.928. The highest BCUT2D eigenvalue weighted by atomic mass is 35.5. The minimum atomic E-state index is -0.383. The number of amides is 2. The third-order valence-corrected chi connectivity index (χ3v) is 5.55. The lowest BCUT2D eigenvalue weighted by molar-refractivity contribution is -0.120. The van der Waals surface area contributed by atoms with Gasteiger partial charge in [-0.15, -0.1) is 0 Å². The van der Waals surface area contributed by atoms with E-state index in [1.807, 2.05) is 42.5 Å². The van der Waals surface area contributed by atoms with Crippen molar-refractivity contribution in [1.82, 2.24) is 20.4 Å². The topological polar surface area (TPSA) is 76.0 Å². The average Bonchev–Trinajstić information content (AvgIpc) is 3.26. The summed E-state index contributed by atoms with van der Waals surface area (Å²) in [5.41, 5.74) is 3.39. The first-order chi connectivity index (χ1) is 17.0. The standard InChI is InChI=1S/C27H24ClFN4O2/c28-22-11-9-21(10-12-22)26-24(18-33(32-26)17-19-5-2-1-3-6-19)27(35)31-14-13-30-25(34)16-20-7-4-8-23(29)15-20/h1-12,15,18H,13-14,16-17H2,(H,30,34)(H,31,35). The van der Waals surface area contributed by atoms with Crippen molar-refractivity contribution >= 4 is 23.4 Å². The van der Waals surface area contributed by atoms with Gasteiger partial charge in [-0.3, -0.25) is 14.3 Å². The van der Waals surface area contributed by atoms with Crippen LogP contribution in [0.1, 0.15) is 21.5 Å². The predicted octanol–water partition coefficient (Wildman–Crippen LogP) is 4.48. The molecule has 0 spiro atoms. The summed E-state index contributed by atoms with van der Waals surface area (Å²) in [6, 6.07) is 22.9. The van der Waals surface area contributed by atoms with Crippen molar-refractivity contribution in [3.05, 3.63) is 113 Å². The smallest absolute Gasteiger partial charge is 0.255 e.